The summed E-state index contributed by atoms with van der Waals surface area (Å²) >= 11 is 0. The number of amides is 2. The summed E-state index contributed by atoms with van der Waals surface area (Å²) in [6.45, 7) is 6.87. The van der Waals surface area contributed by atoms with Gasteiger partial charge in [-0.05, 0) is 36.1 Å². The van der Waals surface area contributed by atoms with Gasteiger partial charge in [0.05, 0.1) is 5.52 Å². The second-order valence-corrected chi connectivity index (χ2v) is 7.40. The molecule has 2 aromatic heterocycles. The minimum atomic E-state index is -0.327. The van der Waals surface area contributed by atoms with E-state index in [1.165, 1.54) is 0 Å². The SMILES string of the molecule is CCCCCNC(=O)c1nc(C(=O)Nc2ccccc2C(C)C)c2ccccn12. The van der Waals surface area contributed by atoms with Crippen LogP contribution in [-0.4, -0.2) is 27.7 Å². The molecule has 6 nitrogen and oxygen atoms in total. The van der Waals surface area contributed by atoms with Crippen molar-refractivity contribution in [3.05, 3.63) is 65.7 Å². The Morgan fingerprint density at radius 1 is 1.03 bits per heavy atom. The van der Waals surface area contributed by atoms with E-state index in [0.29, 0.717) is 12.1 Å². The number of fused-ring (bicyclic) bond motifs is 1. The first-order chi connectivity index (χ1) is 14.0. The van der Waals surface area contributed by atoms with E-state index in [1.54, 1.807) is 16.7 Å². The molecule has 0 unspecified atom stereocenters. The highest BCUT2D eigenvalue weighted by Gasteiger charge is 2.22. The van der Waals surface area contributed by atoms with Gasteiger partial charge in [-0.25, -0.2) is 4.98 Å². The van der Waals surface area contributed by atoms with Crippen molar-refractivity contribution in [2.24, 2.45) is 0 Å². The molecular formula is C23H28N4O2. The Hall–Kier alpha value is -3.15. The van der Waals surface area contributed by atoms with Gasteiger partial charge in [0.1, 0.15) is 0 Å². The van der Waals surface area contributed by atoms with Gasteiger partial charge in [-0.1, -0.05) is 57.9 Å². The first-order valence-electron chi connectivity index (χ1n) is 10.2. The van der Waals surface area contributed by atoms with Crippen molar-refractivity contribution in [2.75, 3.05) is 11.9 Å². The van der Waals surface area contributed by atoms with E-state index in [-0.39, 0.29) is 29.3 Å². The van der Waals surface area contributed by atoms with Gasteiger partial charge in [0.2, 0.25) is 5.82 Å². The maximum atomic E-state index is 13.0. The van der Waals surface area contributed by atoms with Crippen LogP contribution in [0.2, 0.25) is 0 Å². The summed E-state index contributed by atoms with van der Waals surface area (Å²) in [6.07, 6.45) is 4.82. The number of pyridine rings is 1. The minimum absolute atomic E-state index is 0.222. The van der Waals surface area contributed by atoms with E-state index in [4.69, 9.17) is 0 Å². The van der Waals surface area contributed by atoms with Crippen molar-refractivity contribution in [2.45, 2.75) is 46.0 Å². The number of para-hydroxylation sites is 1. The number of carbonyl (C=O) groups is 2. The van der Waals surface area contributed by atoms with Crippen LogP contribution in [0.5, 0.6) is 0 Å². The average Bonchev–Trinajstić information content (AvgIpc) is 3.11. The Morgan fingerprint density at radius 2 is 1.79 bits per heavy atom. The normalized spacial score (nSPS) is 11.0. The van der Waals surface area contributed by atoms with Gasteiger partial charge < -0.3 is 10.6 Å². The van der Waals surface area contributed by atoms with Gasteiger partial charge in [0.25, 0.3) is 11.8 Å². The molecule has 0 spiro atoms. The predicted molar refractivity (Wildman–Crippen MR) is 116 cm³/mol. The number of imidazole rings is 1. The summed E-state index contributed by atoms with van der Waals surface area (Å²) in [5, 5.41) is 5.86. The Kier molecular flexibility index (Phi) is 6.65. The van der Waals surface area contributed by atoms with E-state index in [1.807, 2.05) is 36.4 Å². The maximum absolute atomic E-state index is 13.0. The monoisotopic (exact) mass is 392 g/mol. The number of nitrogens with one attached hydrogen (secondary N) is 2. The van der Waals surface area contributed by atoms with Gasteiger partial charge in [0, 0.05) is 18.4 Å². The Labute approximate surface area is 171 Å². The molecule has 1 aromatic carbocycles. The molecule has 3 rings (SSSR count). The van der Waals surface area contributed by atoms with E-state index >= 15 is 0 Å². The van der Waals surface area contributed by atoms with Crippen LogP contribution in [-0.2, 0) is 0 Å². The lowest BCUT2D eigenvalue weighted by Gasteiger charge is -2.13. The molecule has 3 aromatic rings. The predicted octanol–water partition coefficient (Wildman–Crippen LogP) is 4.63. The van der Waals surface area contributed by atoms with E-state index in [2.05, 4.69) is 36.4 Å². The lowest BCUT2D eigenvalue weighted by Crippen LogP contribution is -2.26. The van der Waals surface area contributed by atoms with Crippen molar-refractivity contribution >= 4 is 23.0 Å². The fourth-order valence-electron chi connectivity index (χ4n) is 3.32. The molecule has 0 bridgehead atoms. The first-order valence-corrected chi connectivity index (χ1v) is 10.2. The molecule has 0 aliphatic rings. The third-order valence-corrected chi connectivity index (χ3v) is 4.86. The van der Waals surface area contributed by atoms with Crippen LogP contribution in [0.25, 0.3) is 5.52 Å². The highest BCUT2D eigenvalue weighted by Crippen LogP contribution is 2.24. The number of aromatic nitrogens is 2. The van der Waals surface area contributed by atoms with E-state index < -0.39 is 0 Å². The zero-order valence-electron chi connectivity index (χ0n) is 17.2. The molecule has 0 saturated carbocycles. The third-order valence-electron chi connectivity index (χ3n) is 4.86. The maximum Gasteiger partial charge on any atom is 0.287 e. The smallest absolute Gasteiger partial charge is 0.287 e. The topological polar surface area (TPSA) is 75.5 Å². The molecule has 0 saturated heterocycles. The van der Waals surface area contributed by atoms with Crippen LogP contribution < -0.4 is 10.6 Å². The molecule has 0 aliphatic heterocycles. The molecule has 2 heterocycles. The second-order valence-electron chi connectivity index (χ2n) is 7.40. The third kappa shape index (κ3) is 4.65. The Balaban J connectivity index is 1.88. The number of anilines is 1. The van der Waals surface area contributed by atoms with Gasteiger partial charge in [-0.2, -0.15) is 0 Å². The Bertz CT molecular complexity index is 1010. The van der Waals surface area contributed by atoms with Gasteiger partial charge in [0.15, 0.2) is 5.69 Å². The first kappa shape index (κ1) is 20.6. The van der Waals surface area contributed by atoms with Crippen LogP contribution in [0.4, 0.5) is 5.69 Å². The van der Waals surface area contributed by atoms with Crippen LogP contribution in [0.1, 0.15) is 72.6 Å². The standard InChI is InChI=1S/C23H28N4O2/c1-4-5-9-14-24-23(29)21-26-20(19-13-8-10-15-27(19)21)22(28)25-18-12-7-6-11-17(18)16(2)3/h6-8,10-13,15-16H,4-5,9,14H2,1-3H3,(H,24,29)(H,25,28). The number of rotatable bonds is 8. The molecule has 29 heavy (non-hydrogen) atoms. The van der Waals surface area contributed by atoms with Crippen LogP contribution in [0.15, 0.2) is 48.7 Å². The highest BCUT2D eigenvalue weighted by atomic mass is 16.2. The fourth-order valence-corrected chi connectivity index (χ4v) is 3.32. The molecule has 2 amide bonds. The number of hydrogen-bond acceptors (Lipinski definition) is 3. The summed E-state index contributed by atoms with van der Waals surface area (Å²) < 4.78 is 1.67. The van der Waals surface area contributed by atoms with Gasteiger partial charge >= 0.3 is 0 Å². The zero-order chi connectivity index (χ0) is 20.8. The fraction of sp³-hybridized carbons (Fsp3) is 0.348. The number of hydrogen-bond donors (Lipinski definition) is 2. The number of benzene rings is 1. The summed E-state index contributed by atoms with van der Waals surface area (Å²) in [6, 6.07) is 13.2. The van der Waals surface area contributed by atoms with Crippen molar-refractivity contribution in [1.82, 2.24) is 14.7 Å². The molecule has 0 atom stereocenters. The Morgan fingerprint density at radius 3 is 2.55 bits per heavy atom. The number of nitrogens with zero attached hydrogens (tertiary/aromatic N) is 2. The van der Waals surface area contributed by atoms with Crippen LogP contribution >= 0.6 is 0 Å². The van der Waals surface area contributed by atoms with Crippen molar-refractivity contribution in [3.8, 4) is 0 Å². The summed E-state index contributed by atoms with van der Waals surface area (Å²) in [5.41, 5.74) is 2.65. The van der Waals surface area contributed by atoms with Gasteiger partial charge in [-0.3, -0.25) is 14.0 Å². The average molecular weight is 393 g/mol. The molecular weight excluding hydrogens is 364 g/mol. The number of unbranched alkanes of at least 4 members (excludes halogenated alkanes) is 2. The van der Waals surface area contributed by atoms with Crippen LogP contribution in [0, 0.1) is 0 Å². The molecule has 0 radical (unpaired) electrons. The molecule has 2 N–H and O–H groups in total. The zero-order valence-corrected chi connectivity index (χ0v) is 17.2. The van der Waals surface area contributed by atoms with Gasteiger partial charge in [-0.15, -0.1) is 0 Å². The molecule has 6 heteroatoms. The van der Waals surface area contributed by atoms with Crippen molar-refractivity contribution in [1.29, 1.82) is 0 Å². The highest BCUT2D eigenvalue weighted by molar-refractivity contribution is 6.09. The lowest BCUT2D eigenvalue weighted by atomic mass is 10.0. The van der Waals surface area contributed by atoms with E-state index in [9.17, 15) is 9.59 Å². The molecule has 0 aliphatic carbocycles. The lowest BCUT2D eigenvalue weighted by molar-refractivity contribution is 0.0942. The molecule has 152 valence electrons. The van der Waals surface area contributed by atoms with Crippen LogP contribution in [0.3, 0.4) is 0 Å². The number of carbonyl (C=O) groups excluding carboxylic acids is 2. The summed E-state index contributed by atoms with van der Waals surface area (Å²) in [7, 11) is 0. The van der Waals surface area contributed by atoms with Crippen molar-refractivity contribution < 1.29 is 9.59 Å². The summed E-state index contributed by atoms with van der Waals surface area (Å²) in [4.78, 5) is 30.1. The van der Waals surface area contributed by atoms with E-state index in [0.717, 1.165) is 30.5 Å². The summed E-state index contributed by atoms with van der Waals surface area (Å²) in [5.74, 6) is -0.107. The second kappa shape index (κ2) is 9.37. The molecule has 0 fully saturated rings. The van der Waals surface area contributed by atoms with Crippen molar-refractivity contribution in [3.63, 3.8) is 0 Å². The minimum Gasteiger partial charge on any atom is -0.349 e. The largest absolute Gasteiger partial charge is 0.349 e. The quantitative estimate of drug-likeness (QED) is 0.549.